The van der Waals surface area contributed by atoms with E-state index in [1.165, 1.54) is 31.0 Å². The van der Waals surface area contributed by atoms with E-state index in [0.717, 1.165) is 0 Å². The molecule has 1 aliphatic rings. The predicted octanol–water partition coefficient (Wildman–Crippen LogP) is 2.31. The standard InChI is InChI=1S/C15H18N2O6S/c1-23-12-7-11(17(21)22)10(6-13(12)24-2)14(18)16-9-4-3-8(5-9)15(19)20/h6-9H,3-5H2,1-2H3,(H,16,18)(H,19,20)/t8-,9+/m1/s1. The van der Waals surface area contributed by atoms with E-state index >= 15 is 0 Å². The van der Waals surface area contributed by atoms with Gasteiger partial charge in [0.15, 0.2) is 0 Å². The van der Waals surface area contributed by atoms with Crippen LogP contribution in [0.2, 0.25) is 0 Å². The molecule has 8 nitrogen and oxygen atoms in total. The van der Waals surface area contributed by atoms with Gasteiger partial charge in [0.1, 0.15) is 11.3 Å². The molecule has 0 bridgehead atoms. The van der Waals surface area contributed by atoms with E-state index < -0.39 is 22.7 Å². The fraction of sp³-hybridized carbons (Fsp3) is 0.467. The van der Waals surface area contributed by atoms with Gasteiger partial charge in [-0.25, -0.2) is 0 Å². The summed E-state index contributed by atoms with van der Waals surface area (Å²) in [5.41, 5.74) is -0.390. The molecule has 0 spiro atoms. The van der Waals surface area contributed by atoms with Gasteiger partial charge in [-0.2, -0.15) is 0 Å². The van der Waals surface area contributed by atoms with Crippen molar-refractivity contribution in [2.24, 2.45) is 5.92 Å². The number of thioether (sulfide) groups is 1. The predicted molar refractivity (Wildman–Crippen MR) is 87.7 cm³/mol. The van der Waals surface area contributed by atoms with Crippen LogP contribution in [0.1, 0.15) is 29.6 Å². The molecule has 2 atom stereocenters. The highest BCUT2D eigenvalue weighted by Gasteiger charge is 2.32. The first-order valence-corrected chi connectivity index (χ1v) is 8.54. The molecule has 2 rings (SSSR count). The lowest BCUT2D eigenvalue weighted by molar-refractivity contribution is -0.385. The Kier molecular flexibility index (Phi) is 5.66. The second kappa shape index (κ2) is 7.52. The van der Waals surface area contributed by atoms with Crippen molar-refractivity contribution in [1.29, 1.82) is 0 Å². The summed E-state index contributed by atoms with van der Waals surface area (Å²) in [4.78, 5) is 34.7. The van der Waals surface area contributed by atoms with Crippen LogP contribution in [-0.4, -0.2) is 41.3 Å². The topological polar surface area (TPSA) is 119 Å². The zero-order valence-electron chi connectivity index (χ0n) is 13.3. The summed E-state index contributed by atoms with van der Waals surface area (Å²) in [5.74, 6) is -1.61. The molecule has 0 radical (unpaired) electrons. The summed E-state index contributed by atoms with van der Waals surface area (Å²) < 4.78 is 5.11. The molecular formula is C15H18N2O6S. The maximum atomic E-state index is 12.5. The van der Waals surface area contributed by atoms with E-state index in [-0.39, 0.29) is 17.3 Å². The van der Waals surface area contributed by atoms with E-state index in [1.807, 2.05) is 0 Å². The minimum atomic E-state index is -0.883. The third-order valence-electron chi connectivity index (χ3n) is 4.06. The Morgan fingerprint density at radius 1 is 1.42 bits per heavy atom. The van der Waals surface area contributed by atoms with E-state index in [1.54, 1.807) is 6.26 Å². The second-order valence-electron chi connectivity index (χ2n) is 5.50. The van der Waals surface area contributed by atoms with E-state index in [0.29, 0.717) is 29.9 Å². The molecule has 0 unspecified atom stereocenters. The number of carbonyl (C=O) groups is 2. The van der Waals surface area contributed by atoms with Gasteiger partial charge in [0, 0.05) is 6.04 Å². The summed E-state index contributed by atoms with van der Waals surface area (Å²) in [5, 5.41) is 23.0. The molecule has 1 aliphatic carbocycles. The molecule has 0 aromatic heterocycles. The normalized spacial score (nSPS) is 19.8. The zero-order valence-corrected chi connectivity index (χ0v) is 14.1. The van der Waals surface area contributed by atoms with Gasteiger partial charge < -0.3 is 15.2 Å². The second-order valence-corrected chi connectivity index (χ2v) is 6.35. The molecule has 1 fully saturated rings. The highest BCUT2D eigenvalue weighted by molar-refractivity contribution is 7.98. The SMILES string of the molecule is COc1cc([N+](=O)[O-])c(C(=O)N[C@H]2CC[C@@H](C(=O)O)C2)cc1SC. The molecule has 24 heavy (non-hydrogen) atoms. The van der Waals surface area contributed by atoms with Gasteiger partial charge in [-0.15, -0.1) is 11.8 Å². The molecular weight excluding hydrogens is 336 g/mol. The van der Waals surface area contributed by atoms with E-state index in [2.05, 4.69) is 5.32 Å². The average Bonchev–Trinajstić information content (AvgIpc) is 3.02. The molecule has 0 heterocycles. The summed E-state index contributed by atoms with van der Waals surface area (Å²) >= 11 is 1.31. The number of carboxylic acid groups (broad SMARTS) is 1. The number of carbonyl (C=O) groups excluding carboxylic acids is 1. The van der Waals surface area contributed by atoms with Crippen LogP contribution in [-0.2, 0) is 4.79 Å². The Hall–Kier alpha value is -2.29. The molecule has 1 aromatic rings. The van der Waals surface area contributed by atoms with Crippen molar-refractivity contribution in [3.05, 3.63) is 27.8 Å². The van der Waals surface area contributed by atoms with Crippen molar-refractivity contribution < 1.29 is 24.4 Å². The number of carboxylic acids is 1. The minimum Gasteiger partial charge on any atom is -0.495 e. The van der Waals surface area contributed by atoms with Crippen LogP contribution >= 0.6 is 11.8 Å². The highest BCUT2D eigenvalue weighted by atomic mass is 32.2. The van der Waals surface area contributed by atoms with Crippen molar-refractivity contribution in [2.75, 3.05) is 13.4 Å². The number of benzene rings is 1. The van der Waals surface area contributed by atoms with Gasteiger partial charge in [0.2, 0.25) is 0 Å². The van der Waals surface area contributed by atoms with Gasteiger partial charge in [0.05, 0.1) is 28.9 Å². The molecule has 1 saturated carbocycles. The van der Waals surface area contributed by atoms with Gasteiger partial charge >= 0.3 is 5.97 Å². The first-order chi connectivity index (χ1) is 11.4. The number of hydrogen-bond donors (Lipinski definition) is 2. The number of nitro groups is 1. The lowest BCUT2D eigenvalue weighted by atomic mass is 10.1. The van der Waals surface area contributed by atoms with Crippen LogP contribution in [0, 0.1) is 16.0 Å². The lowest BCUT2D eigenvalue weighted by Crippen LogP contribution is -2.33. The average molecular weight is 354 g/mol. The molecule has 2 N–H and O–H groups in total. The number of nitrogens with one attached hydrogen (secondary N) is 1. The van der Waals surface area contributed by atoms with Crippen molar-refractivity contribution in [3.63, 3.8) is 0 Å². The third kappa shape index (κ3) is 3.78. The molecule has 9 heteroatoms. The van der Waals surface area contributed by atoms with Crippen molar-refractivity contribution in [2.45, 2.75) is 30.2 Å². The Morgan fingerprint density at radius 2 is 2.12 bits per heavy atom. The Bertz CT molecular complexity index is 678. The monoisotopic (exact) mass is 354 g/mol. The third-order valence-corrected chi connectivity index (χ3v) is 4.82. The summed E-state index contributed by atoms with van der Waals surface area (Å²) in [6.45, 7) is 0. The number of ether oxygens (including phenoxy) is 1. The zero-order chi connectivity index (χ0) is 17.9. The van der Waals surface area contributed by atoms with Crippen LogP contribution in [0.5, 0.6) is 5.75 Å². The van der Waals surface area contributed by atoms with E-state index in [9.17, 15) is 19.7 Å². The van der Waals surface area contributed by atoms with Gasteiger partial charge in [-0.1, -0.05) is 0 Å². The van der Waals surface area contributed by atoms with Crippen LogP contribution in [0.3, 0.4) is 0 Å². The molecule has 0 aliphatic heterocycles. The van der Waals surface area contributed by atoms with Gasteiger partial charge in [-0.05, 0) is 31.6 Å². The fourth-order valence-corrected chi connectivity index (χ4v) is 3.38. The van der Waals surface area contributed by atoms with Crippen molar-refractivity contribution in [3.8, 4) is 5.75 Å². The first-order valence-electron chi connectivity index (χ1n) is 7.31. The number of hydrogen-bond acceptors (Lipinski definition) is 6. The number of amides is 1. The van der Waals surface area contributed by atoms with Crippen molar-refractivity contribution in [1.82, 2.24) is 5.32 Å². The maximum absolute atomic E-state index is 12.5. The lowest BCUT2D eigenvalue weighted by Gasteiger charge is -2.14. The Morgan fingerprint density at radius 3 is 2.62 bits per heavy atom. The molecule has 1 amide bonds. The van der Waals surface area contributed by atoms with E-state index in [4.69, 9.17) is 9.84 Å². The molecule has 0 saturated heterocycles. The smallest absolute Gasteiger partial charge is 0.306 e. The number of rotatable bonds is 6. The maximum Gasteiger partial charge on any atom is 0.306 e. The largest absolute Gasteiger partial charge is 0.495 e. The minimum absolute atomic E-state index is 0.0519. The van der Waals surface area contributed by atoms with Crippen LogP contribution in [0.25, 0.3) is 0 Å². The Labute approximate surface area is 142 Å². The van der Waals surface area contributed by atoms with Crippen molar-refractivity contribution >= 4 is 29.3 Å². The first kappa shape index (κ1) is 18.1. The summed E-state index contributed by atoms with van der Waals surface area (Å²) in [6.07, 6.45) is 3.14. The van der Waals surface area contributed by atoms with Crippen LogP contribution in [0.15, 0.2) is 17.0 Å². The van der Waals surface area contributed by atoms with Gasteiger partial charge in [-0.3, -0.25) is 19.7 Å². The summed E-state index contributed by atoms with van der Waals surface area (Å²) in [6, 6.07) is 2.37. The van der Waals surface area contributed by atoms with Crippen LogP contribution in [0.4, 0.5) is 5.69 Å². The highest BCUT2D eigenvalue weighted by Crippen LogP contribution is 2.35. The quantitative estimate of drug-likeness (QED) is 0.457. The number of aliphatic carboxylic acids is 1. The van der Waals surface area contributed by atoms with Gasteiger partial charge in [0.25, 0.3) is 11.6 Å². The number of nitrogens with zero attached hydrogens (tertiary/aromatic N) is 1. The fourth-order valence-electron chi connectivity index (χ4n) is 2.80. The number of nitro benzene ring substituents is 1. The summed E-state index contributed by atoms with van der Waals surface area (Å²) in [7, 11) is 1.41. The molecule has 130 valence electrons. The van der Waals surface area contributed by atoms with Crippen LogP contribution < -0.4 is 10.1 Å². The Balaban J connectivity index is 2.25. The number of methoxy groups -OCH3 is 1. The molecule has 1 aromatic carbocycles.